The molecular formula is C26H23N5O4S. The molecule has 1 aromatic carbocycles. The van der Waals surface area contributed by atoms with Gasteiger partial charge in [-0.3, -0.25) is 29.4 Å². The normalized spacial score (nSPS) is 15.4. The van der Waals surface area contributed by atoms with Crippen molar-refractivity contribution in [3.05, 3.63) is 101 Å². The molecule has 1 N–H and O–H groups in total. The van der Waals surface area contributed by atoms with E-state index in [4.69, 9.17) is 4.74 Å². The first-order chi connectivity index (χ1) is 17.5. The number of amidine groups is 1. The van der Waals surface area contributed by atoms with Gasteiger partial charge in [0.2, 0.25) is 5.91 Å². The summed E-state index contributed by atoms with van der Waals surface area (Å²) in [5, 5.41) is 3.21. The summed E-state index contributed by atoms with van der Waals surface area (Å²) < 4.78 is 4.96. The maximum Gasteiger partial charge on any atom is 0.338 e. The van der Waals surface area contributed by atoms with Crippen LogP contribution in [0.2, 0.25) is 0 Å². The second-order valence-electron chi connectivity index (χ2n) is 7.61. The van der Waals surface area contributed by atoms with Gasteiger partial charge in [-0.2, -0.15) is 0 Å². The number of thioether (sulfide) groups is 1. The minimum Gasteiger partial charge on any atom is -0.462 e. The van der Waals surface area contributed by atoms with Crippen molar-refractivity contribution >= 4 is 40.4 Å². The molecule has 1 saturated heterocycles. The minimum absolute atomic E-state index is 0.254. The van der Waals surface area contributed by atoms with Crippen molar-refractivity contribution in [3.63, 3.8) is 0 Å². The van der Waals surface area contributed by atoms with Crippen LogP contribution in [0.3, 0.4) is 0 Å². The zero-order valence-corrected chi connectivity index (χ0v) is 20.3. The lowest BCUT2D eigenvalue weighted by Gasteiger charge is -2.15. The largest absolute Gasteiger partial charge is 0.462 e. The van der Waals surface area contributed by atoms with Gasteiger partial charge in [0.25, 0.3) is 5.91 Å². The highest BCUT2D eigenvalue weighted by Crippen LogP contribution is 2.32. The molecule has 0 atom stereocenters. The third-order valence-electron chi connectivity index (χ3n) is 5.00. The van der Waals surface area contributed by atoms with Crippen molar-refractivity contribution in [1.82, 2.24) is 14.9 Å². The number of amides is 2. The lowest BCUT2D eigenvalue weighted by Crippen LogP contribution is -2.29. The van der Waals surface area contributed by atoms with E-state index in [1.54, 1.807) is 62.0 Å². The van der Waals surface area contributed by atoms with Gasteiger partial charge in [-0.25, -0.2) is 4.79 Å². The highest BCUT2D eigenvalue weighted by molar-refractivity contribution is 8.18. The van der Waals surface area contributed by atoms with E-state index >= 15 is 0 Å². The Bertz CT molecular complexity index is 1290. The summed E-state index contributed by atoms with van der Waals surface area (Å²) in [6.45, 7) is 2.64. The number of anilines is 1. The molecule has 36 heavy (non-hydrogen) atoms. The van der Waals surface area contributed by atoms with Crippen molar-refractivity contribution in [1.29, 1.82) is 0 Å². The fraction of sp³-hybridized carbons (Fsp3) is 0.154. The molecule has 1 aliphatic heterocycles. The molecule has 182 valence electrons. The molecule has 2 amide bonds. The summed E-state index contributed by atoms with van der Waals surface area (Å²) >= 11 is 1.14. The molecule has 1 aliphatic rings. The molecule has 3 heterocycles. The Labute approximate surface area is 212 Å². The fourth-order valence-corrected chi connectivity index (χ4v) is 4.24. The summed E-state index contributed by atoms with van der Waals surface area (Å²) in [7, 11) is 0. The van der Waals surface area contributed by atoms with Crippen LogP contribution in [0.4, 0.5) is 5.69 Å². The van der Waals surface area contributed by atoms with Crippen molar-refractivity contribution in [3.8, 4) is 0 Å². The topological polar surface area (TPSA) is 114 Å². The zero-order valence-electron chi connectivity index (χ0n) is 19.5. The lowest BCUT2D eigenvalue weighted by molar-refractivity contribution is -0.123. The van der Waals surface area contributed by atoms with Crippen LogP contribution in [0.5, 0.6) is 0 Å². The Morgan fingerprint density at radius 3 is 2.39 bits per heavy atom. The molecule has 4 rings (SSSR count). The van der Waals surface area contributed by atoms with Crippen LogP contribution in [0.25, 0.3) is 0 Å². The van der Waals surface area contributed by atoms with E-state index in [0.29, 0.717) is 23.0 Å². The Hall–Kier alpha value is -4.31. The summed E-state index contributed by atoms with van der Waals surface area (Å²) in [5.41, 5.74) is 2.61. The average Bonchev–Trinajstić information content (AvgIpc) is 3.18. The Morgan fingerprint density at radius 2 is 1.75 bits per heavy atom. The fourth-order valence-electron chi connectivity index (χ4n) is 3.29. The number of nitrogens with zero attached hydrogens (tertiary/aromatic N) is 4. The number of hydrogen-bond donors (Lipinski definition) is 1. The first-order valence-corrected chi connectivity index (χ1v) is 12.0. The van der Waals surface area contributed by atoms with E-state index in [1.165, 1.54) is 11.0 Å². The van der Waals surface area contributed by atoms with Gasteiger partial charge >= 0.3 is 5.97 Å². The number of carbonyl (C=O) groups is 3. The van der Waals surface area contributed by atoms with Gasteiger partial charge in [-0.1, -0.05) is 12.1 Å². The van der Waals surface area contributed by atoms with E-state index in [-0.39, 0.29) is 24.0 Å². The minimum atomic E-state index is -0.468. The van der Waals surface area contributed by atoms with Crippen LogP contribution in [0, 0.1) is 0 Å². The highest BCUT2D eigenvalue weighted by atomic mass is 32.2. The molecule has 0 unspecified atom stereocenters. The number of carbonyl (C=O) groups excluding carboxylic acids is 3. The Morgan fingerprint density at radius 1 is 1.06 bits per heavy atom. The molecule has 0 radical (unpaired) electrons. The molecule has 9 nitrogen and oxygen atoms in total. The molecule has 0 spiro atoms. The van der Waals surface area contributed by atoms with Crippen LogP contribution >= 0.6 is 11.8 Å². The number of aliphatic imine (C=N–C) groups is 1. The van der Waals surface area contributed by atoms with Gasteiger partial charge in [-0.15, -0.1) is 0 Å². The molecule has 0 bridgehead atoms. The van der Waals surface area contributed by atoms with Gasteiger partial charge in [0.1, 0.15) is 0 Å². The quantitative estimate of drug-likeness (QED) is 0.369. The van der Waals surface area contributed by atoms with Gasteiger partial charge in [-0.05, 0) is 66.2 Å². The second-order valence-corrected chi connectivity index (χ2v) is 8.62. The molecule has 3 aromatic rings. The van der Waals surface area contributed by atoms with Crippen LogP contribution in [0.15, 0.2) is 89.3 Å². The van der Waals surface area contributed by atoms with E-state index in [0.717, 1.165) is 22.9 Å². The molecular weight excluding hydrogens is 478 g/mol. The third-order valence-corrected chi connectivity index (χ3v) is 6.04. The van der Waals surface area contributed by atoms with E-state index < -0.39 is 11.9 Å². The van der Waals surface area contributed by atoms with Crippen molar-refractivity contribution < 1.29 is 19.1 Å². The Balaban J connectivity index is 1.50. The van der Waals surface area contributed by atoms with E-state index in [2.05, 4.69) is 20.3 Å². The maximum atomic E-state index is 13.2. The molecule has 0 aliphatic carbocycles. The third kappa shape index (κ3) is 6.42. The number of benzene rings is 1. The summed E-state index contributed by atoms with van der Waals surface area (Å²) in [6.07, 6.45) is 8.01. The van der Waals surface area contributed by atoms with Crippen molar-refractivity contribution in [2.45, 2.75) is 20.0 Å². The van der Waals surface area contributed by atoms with Crippen LogP contribution in [0.1, 0.15) is 28.4 Å². The summed E-state index contributed by atoms with van der Waals surface area (Å²) in [5.74, 6) is -1.22. The van der Waals surface area contributed by atoms with Crippen molar-refractivity contribution in [2.75, 3.05) is 11.9 Å². The number of nitrogens with one attached hydrogen (secondary N) is 1. The monoisotopic (exact) mass is 501 g/mol. The van der Waals surface area contributed by atoms with Gasteiger partial charge in [0, 0.05) is 36.6 Å². The Kier molecular flexibility index (Phi) is 8.20. The first kappa shape index (κ1) is 24.8. The molecule has 2 aromatic heterocycles. The standard InChI is InChI=1S/C26H23N5O4S/c1-2-35-25(34)20-7-9-21(10-8-20)30-23(32)13-22-24(33)31(17-19-6-4-12-28-15-19)26(36-22)29-16-18-5-3-11-27-14-18/h3-15H,2,16-17H2,1H3,(H,30,32)/b22-13-,29-26?. The summed E-state index contributed by atoms with van der Waals surface area (Å²) in [6, 6.07) is 13.7. The number of pyridine rings is 2. The van der Waals surface area contributed by atoms with Gasteiger partial charge in [0.05, 0.1) is 30.2 Å². The molecule has 1 fully saturated rings. The van der Waals surface area contributed by atoms with Gasteiger partial charge in [0.15, 0.2) is 5.17 Å². The maximum absolute atomic E-state index is 13.2. The second kappa shape index (κ2) is 11.9. The average molecular weight is 502 g/mol. The predicted molar refractivity (Wildman–Crippen MR) is 137 cm³/mol. The van der Waals surface area contributed by atoms with Gasteiger partial charge < -0.3 is 10.1 Å². The number of hydrogen-bond acceptors (Lipinski definition) is 8. The number of rotatable bonds is 8. The van der Waals surface area contributed by atoms with Crippen LogP contribution in [-0.4, -0.2) is 44.4 Å². The van der Waals surface area contributed by atoms with E-state index in [9.17, 15) is 14.4 Å². The predicted octanol–water partition coefficient (Wildman–Crippen LogP) is 3.81. The molecule has 10 heteroatoms. The number of esters is 1. The number of ether oxygens (including phenoxy) is 1. The zero-order chi connectivity index (χ0) is 25.3. The molecule has 0 saturated carbocycles. The van der Waals surface area contributed by atoms with Crippen LogP contribution in [-0.2, 0) is 27.4 Å². The lowest BCUT2D eigenvalue weighted by atomic mass is 10.2. The first-order valence-electron chi connectivity index (χ1n) is 11.2. The highest BCUT2D eigenvalue weighted by Gasteiger charge is 2.34. The summed E-state index contributed by atoms with van der Waals surface area (Å²) in [4.78, 5) is 52.3. The van der Waals surface area contributed by atoms with Crippen molar-refractivity contribution in [2.24, 2.45) is 4.99 Å². The van der Waals surface area contributed by atoms with E-state index in [1.807, 2.05) is 18.2 Å². The SMILES string of the molecule is CCOC(=O)c1ccc(NC(=O)/C=C2\SC(=NCc3cccnc3)N(Cc3cccnc3)C2=O)cc1. The van der Waals surface area contributed by atoms with Crippen LogP contribution < -0.4 is 5.32 Å². The number of aromatic nitrogens is 2. The smallest absolute Gasteiger partial charge is 0.338 e.